The predicted octanol–water partition coefficient (Wildman–Crippen LogP) is 3.13. The van der Waals surface area contributed by atoms with Gasteiger partial charge in [0.15, 0.2) is 0 Å². The minimum atomic E-state index is 0.566. The molecule has 2 heterocycles. The molecular weight excluding hydrogens is 228 g/mol. The van der Waals surface area contributed by atoms with Gasteiger partial charge in [-0.3, -0.25) is 4.90 Å². The summed E-state index contributed by atoms with van der Waals surface area (Å²) in [4.78, 5) is 3.96. The van der Waals surface area contributed by atoms with Gasteiger partial charge in [0.05, 0.1) is 0 Å². The van der Waals surface area contributed by atoms with E-state index in [1.807, 2.05) is 11.3 Å². The van der Waals surface area contributed by atoms with Crippen LogP contribution < -0.4 is 5.32 Å². The Labute approximate surface area is 109 Å². The number of hydrogen-bond acceptors (Lipinski definition) is 3. The van der Waals surface area contributed by atoms with Crippen LogP contribution in [0.5, 0.6) is 0 Å². The Morgan fingerprint density at radius 1 is 1.59 bits per heavy atom. The Balaban J connectivity index is 1.67. The van der Waals surface area contributed by atoms with Crippen molar-refractivity contribution in [3.8, 4) is 0 Å². The summed E-state index contributed by atoms with van der Waals surface area (Å²) in [5.41, 5.74) is 0. The molecule has 0 aromatic carbocycles. The van der Waals surface area contributed by atoms with Crippen molar-refractivity contribution in [2.24, 2.45) is 5.92 Å². The molecule has 1 saturated heterocycles. The first kappa shape index (κ1) is 13.1. The van der Waals surface area contributed by atoms with Crippen molar-refractivity contribution >= 4 is 11.3 Å². The van der Waals surface area contributed by atoms with E-state index in [1.165, 1.54) is 43.8 Å². The van der Waals surface area contributed by atoms with Gasteiger partial charge in [-0.05, 0) is 70.2 Å². The minimum Gasteiger partial charge on any atom is -0.316 e. The fourth-order valence-corrected chi connectivity index (χ4v) is 3.38. The molecule has 0 amide bonds. The molecule has 1 aromatic rings. The molecule has 17 heavy (non-hydrogen) atoms. The monoisotopic (exact) mass is 252 g/mol. The van der Waals surface area contributed by atoms with E-state index in [-0.39, 0.29) is 0 Å². The maximum absolute atomic E-state index is 3.44. The molecule has 2 unspecified atom stereocenters. The van der Waals surface area contributed by atoms with E-state index in [4.69, 9.17) is 0 Å². The van der Waals surface area contributed by atoms with E-state index < -0.39 is 0 Å². The standard InChI is InChI=1S/C14H24N2S/c1-12(14-6-4-10-17-14)16(2)9-3-5-13-7-8-15-11-13/h4,6,10,12-13,15H,3,5,7-9,11H2,1-2H3. The molecule has 1 aromatic heterocycles. The van der Waals surface area contributed by atoms with Crippen LogP contribution in [-0.4, -0.2) is 31.6 Å². The molecule has 0 saturated carbocycles. The molecule has 2 rings (SSSR count). The second kappa shape index (κ2) is 6.53. The zero-order chi connectivity index (χ0) is 12.1. The molecular formula is C14H24N2S. The number of hydrogen-bond donors (Lipinski definition) is 1. The highest BCUT2D eigenvalue weighted by Gasteiger charge is 2.16. The lowest BCUT2D eigenvalue weighted by Crippen LogP contribution is -2.23. The zero-order valence-corrected chi connectivity index (χ0v) is 11.8. The highest BCUT2D eigenvalue weighted by molar-refractivity contribution is 7.10. The lowest BCUT2D eigenvalue weighted by molar-refractivity contribution is 0.253. The van der Waals surface area contributed by atoms with Gasteiger partial charge in [-0.2, -0.15) is 0 Å². The maximum Gasteiger partial charge on any atom is 0.0410 e. The Morgan fingerprint density at radius 3 is 3.12 bits per heavy atom. The molecule has 2 nitrogen and oxygen atoms in total. The van der Waals surface area contributed by atoms with Gasteiger partial charge in [0.1, 0.15) is 0 Å². The molecule has 0 spiro atoms. The topological polar surface area (TPSA) is 15.3 Å². The average Bonchev–Trinajstić information content (AvgIpc) is 3.00. The van der Waals surface area contributed by atoms with E-state index >= 15 is 0 Å². The van der Waals surface area contributed by atoms with Gasteiger partial charge in [0.25, 0.3) is 0 Å². The van der Waals surface area contributed by atoms with E-state index in [0.717, 1.165) is 5.92 Å². The van der Waals surface area contributed by atoms with Crippen LogP contribution in [0.15, 0.2) is 17.5 Å². The minimum absolute atomic E-state index is 0.566. The van der Waals surface area contributed by atoms with Crippen LogP contribution in [0, 0.1) is 5.92 Å². The third kappa shape index (κ3) is 3.80. The summed E-state index contributed by atoms with van der Waals surface area (Å²) < 4.78 is 0. The number of thiophene rings is 1. The fraction of sp³-hybridized carbons (Fsp3) is 0.714. The summed E-state index contributed by atoms with van der Waals surface area (Å²) in [5, 5.41) is 5.61. The molecule has 0 bridgehead atoms. The molecule has 0 radical (unpaired) electrons. The third-order valence-corrected chi connectivity index (χ3v) is 4.94. The predicted molar refractivity (Wildman–Crippen MR) is 75.6 cm³/mol. The Morgan fingerprint density at radius 2 is 2.47 bits per heavy atom. The van der Waals surface area contributed by atoms with E-state index in [2.05, 4.69) is 41.7 Å². The van der Waals surface area contributed by atoms with Crippen molar-refractivity contribution in [1.82, 2.24) is 10.2 Å². The summed E-state index contributed by atoms with van der Waals surface area (Å²) in [6.45, 7) is 5.99. The molecule has 1 N–H and O–H groups in total. The first-order chi connectivity index (χ1) is 8.27. The molecule has 1 aliphatic rings. The van der Waals surface area contributed by atoms with Gasteiger partial charge in [0, 0.05) is 10.9 Å². The van der Waals surface area contributed by atoms with Crippen LogP contribution in [0.3, 0.4) is 0 Å². The molecule has 96 valence electrons. The average molecular weight is 252 g/mol. The van der Waals surface area contributed by atoms with Crippen molar-refractivity contribution in [3.63, 3.8) is 0 Å². The SMILES string of the molecule is CC(c1cccs1)N(C)CCCC1CCNC1. The Bertz CT molecular complexity index is 304. The van der Waals surface area contributed by atoms with Crippen LogP contribution >= 0.6 is 11.3 Å². The summed E-state index contributed by atoms with van der Waals surface area (Å²) in [7, 11) is 2.25. The molecule has 1 aliphatic heterocycles. The van der Waals surface area contributed by atoms with Crippen molar-refractivity contribution in [3.05, 3.63) is 22.4 Å². The largest absolute Gasteiger partial charge is 0.316 e. The van der Waals surface area contributed by atoms with Gasteiger partial charge in [-0.1, -0.05) is 6.07 Å². The molecule has 0 aliphatic carbocycles. The quantitative estimate of drug-likeness (QED) is 0.837. The van der Waals surface area contributed by atoms with Gasteiger partial charge in [0.2, 0.25) is 0 Å². The molecule has 2 atom stereocenters. The van der Waals surface area contributed by atoms with Crippen molar-refractivity contribution < 1.29 is 0 Å². The number of nitrogens with one attached hydrogen (secondary N) is 1. The molecule has 3 heteroatoms. The van der Waals surface area contributed by atoms with Crippen molar-refractivity contribution in [1.29, 1.82) is 0 Å². The van der Waals surface area contributed by atoms with Crippen molar-refractivity contribution in [2.75, 3.05) is 26.7 Å². The third-order valence-electron chi connectivity index (χ3n) is 3.90. The summed E-state index contributed by atoms with van der Waals surface area (Å²) in [6, 6.07) is 4.96. The highest BCUT2D eigenvalue weighted by Crippen LogP contribution is 2.24. The zero-order valence-electron chi connectivity index (χ0n) is 11.0. The van der Waals surface area contributed by atoms with Crippen LogP contribution in [-0.2, 0) is 0 Å². The van der Waals surface area contributed by atoms with Crippen LogP contribution in [0.25, 0.3) is 0 Å². The van der Waals surface area contributed by atoms with Crippen LogP contribution in [0.2, 0.25) is 0 Å². The van der Waals surface area contributed by atoms with Gasteiger partial charge in [-0.15, -0.1) is 11.3 Å². The van der Waals surface area contributed by atoms with E-state index in [1.54, 1.807) is 0 Å². The van der Waals surface area contributed by atoms with Gasteiger partial charge in [-0.25, -0.2) is 0 Å². The summed E-state index contributed by atoms with van der Waals surface area (Å²) >= 11 is 1.87. The normalized spacial score (nSPS) is 22.2. The van der Waals surface area contributed by atoms with Crippen molar-refractivity contribution in [2.45, 2.75) is 32.2 Å². The van der Waals surface area contributed by atoms with Gasteiger partial charge < -0.3 is 5.32 Å². The van der Waals surface area contributed by atoms with Gasteiger partial charge >= 0.3 is 0 Å². The lowest BCUT2D eigenvalue weighted by Gasteiger charge is -2.24. The second-order valence-corrected chi connectivity index (χ2v) is 6.15. The summed E-state index contributed by atoms with van der Waals surface area (Å²) in [6.07, 6.45) is 4.09. The second-order valence-electron chi connectivity index (χ2n) is 5.17. The van der Waals surface area contributed by atoms with E-state index in [9.17, 15) is 0 Å². The summed E-state index contributed by atoms with van der Waals surface area (Å²) in [5.74, 6) is 0.931. The first-order valence-electron chi connectivity index (χ1n) is 6.71. The Hall–Kier alpha value is -0.380. The smallest absolute Gasteiger partial charge is 0.0410 e. The number of rotatable bonds is 6. The van der Waals surface area contributed by atoms with E-state index in [0.29, 0.717) is 6.04 Å². The fourth-order valence-electron chi connectivity index (χ4n) is 2.53. The maximum atomic E-state index is 3.44. The lowest BCUT2D eigenvalue weighted by atomic mass is 10.0. The number of nitrogens with zero attached hydrogens (tertiary/aromatic N) is 1. The first-order valence-corrected chi connectivity index (χ1v) is 7.59. The Kier molecular flexibility index (Phi) is 5.01. The highest BCUT2D eigenvalue weighted by atomic mass is 32.1. The van der Waals surface area contributed by atoms with Crippen LogP contribution in [0.1, 0.15) is 37.1 Å². The van der Waals surface area contributed by atoms with Crippen LogP contribution in [0.4, 0.5) is 0 Å². The molecule has 1 fully saturated rings.